The molecule has 0 aliphatic carbocycles. The Kier molecular flexibility index (Phi) is 3.62. The standard InChI is InChI=1S/C10H4BrF2N/c11-7-5-9(12)8(10(13)6-7)3-1-2-4-14/h5-6H,2H2. The van der Waals surface area contributed by atoms with Gasteiger partial charge in [-0.2, -0.15) is 5.26 Å². The highest BCUT2D eigenvalue weighted by atomic mass is 79.9. The van der Waals surface area contributed by atoms with Crippen molar-refractivity contribution in [2.45, 2.75) is 6.42 Å². The maximum Gasteiger partial charge on any atom is 0.142 e. The van der Waals surface area contributed by atoms with Crippen LogP contribution in [0, 0.1) is 34.8 Å². The van der Waals surface area contributed by atoms with E-state index in [9.17, 15) is 8.78 Å². The normalized spacial score (nSPS) is 8.71. The molecule has 0 aliphatic heterocycles. The van der Waals surface area contributed by atoms with Crippen LogP contribution in [0.2, 0.25) is 0 Å². The van der Waals surface area contributed by atoms with E-state index in [1.165, 1.54) is 0 Å². The molecule has 14 heavy (non-hydrogen) atoms. The molecule has 0 bridgehead atoms. The average molecular weight is 256 g/mol. The van der Waals surface area contributed by atoms with E-state index in [-0.39, 0.29) is 12.0 Å². The fourth-order valence-corrected chi connectivity index (χ4v) is 1.24. The lowest BCUT2D eigenvalue weighted by Crippen LogP contribution is -1.89. The monoisotopic (exact) mass is 255 g/mol. The number of halogens is 3. The van der Waals surface area contributed by atoms with Crippen molar-refractivity contribution in [3.8, 4) is 17.9 Å². The van der Waals surface area contributed by atoms with E-state index in [0.29, 0.717) is 4.47 Å². The Labute approximate surface area is 88.5 Å². The summed E-state index contributed by atoms with van der Waals surface area (Å²) in [6.07, 6.45) is -0.0467. The number of benzene rings is 1. The van der Waals surface area contributed by atoms with Gasteiger partial charge in [0.15, 0.2) is 0 Å². The lowest BCUT2D eigenvalue weighted by atomic mass is 10.2. The molecule has 0 atom stereocenters. The fraction of sp³-hybridized carbons (Fsp3) is 0.100. The molecule has 0 unspecified atom stereocenters. The van der Waals surface area contributed by atoms with Gasteiger partial charge < -0.3 is 0 Å². The predicted octanol–water partition coefficient (Wildman–Crippen LogP) is 2.99. The van der Waals surface area contributed by atoms with E-state index in [2.05, 4.69) is 27.8 Å². The minimum atomic E-state index is -0.734. The molecule has 0 aromatic heterocycles. The summed E-state index contributed by atoms with van der Waals surface area (Å²) in [5.74, 6) is 3.14. The van der Waals surface area contributed by atoms with Crippen LogP contribution in [0.15, 0.2) is 16.6 Å². The fourth-order valence-electron chi connectivity index (χ4n) is 0.834. The maximum absolute atomic E-state index is 13.1. The zero-order valence-corrected chi connectivity index (χ0v) is 8.53. The third-order valence-corrected chi connectivity index (χ3v) is 1.85. The van der Waals surface area contributed by atoms with E-state index in [1.807, 2.05) is 0 Å². The van der Waals surface area contributed by atoms with E-state index in [0.717, 1.165) is 12.1 Å². The minimum absolute atomic E-state index is 0.0467. The first-order chi connectivity index (χ1) is 6.65. The molecule has 0 fully saturated rings. The largest absolute Gasteiger partial charge is 0.205 e. The Morgan fingerprint density at radius 1 is 1.29 bits per heavy atom. The number of nitriles is 1. The lowest BCUT2D eigenvalue weighted by Gasteiger charge is -1.97. The number of hydrogen-bond donors (Lipinski definition) is 0. The van der Waals surface area contributed by atoms with Crippen LogP contribution in [0.25, 0.3) is 0 Å². The molecule has 1 rings (SSSR count). The summed E-state index contributed by atoms with van der Waals surface area (Å²) in [5.41, 5.74) is -0.302. The Morgan fingerprint density at radius 2 is 1.86 bits per heavy atom. The molecule has 0 heterocycles. The summed E-state index contributed by atoms with van der Waals surface area (Å²) >= 11 is 2.95. The minimum Gasteiger partial charge on any atom is -0.205 e. The number of nitrogens with zero attached hydrogens (tertiary/aromatic N) is 1. The van der Waals surface area contributed by atoms with E-state index in [1.54, 1.807) is 6.07 Å². The first kappa shape index (κ1) is 10.7. The van der Waals surface area contributed by atoms with Crippen LogP contribution >= 0.6 is 15.9 Å². The Balaban J connectivity index is 3.12. The van der Waals surface area contributed by atoms with Crippen molar-refractivity contribution in [1.82, 2.24) is 0 Å². The molecule has 1 aromatic carbocycles. The van der Waals surface area contributed by atoms with Gasteiger partial charge in [-0.05, 0) is 12.1 Å². The molecular weight excluding hydrogens is 252 g/mol. The molecule has 0 radical (unpaired) electrons. The van der Waals surface area contributed by atoms with E-state index >= 15 is 0 Å². The highest BCUT2D eigenvalue weighted by Crippen LogP contribution is 2.18. The van der Waals surface area contributed by atoms with Crippen LogP contribution in [-0.2, 0) is 0 Å². The van der Waals surface area contributed by atoms with Gasteiger partial charge in [-0.25, -0.2) is 8.78 Å². The van der Waals surface area contributed by atoms with Crippen LogP contribution in [0.5, 0.6) is 0 Å². The first-order valence-electron chi connectivity index (χ1n) is 3.65. The molecule has 1 aromatic rings. The van der Waals surface area contributed by atoms with Gasteiger partial charge in [-0.3, -0.25) is 0 Å². The van der Waals surface area contributed by atoms with Crippen molar-refractivity contribution < 1.29 is 8.78 Å². The van der Waals surface area contributed by atoms with Gasteiger partial charge in [0.1, 0.15) is 11.6 Å². The summed E-state index contributed by atoms with van der Waals surface area (Å²) in [4.78, 5) is 0. The number of hydrogen-bond acceptors (Lipinski definition) is 1. The second-order valence-corrected chi connectivity index (χ2v) is 3.30. The zero-order valence-electron chi connectivity index (χ0n) is 6.94. The van der Waals surface area contributed by atoms with Crippen LogP contribution in [-0.4, -0.2) is 0 Å². The Hall–Kier alpha value is -1.39. The van der Waals surface area contributed by atoms with Crippen LogP contribution in [0.4, 0.5) is 8.78 Å². The molecule has 0 saturated heterocycles. The van der Waals surface area contributed by atoms with Crippen molar-refractivity contribution in [3.63, 3.8) is 0 Å². The van der Waals surface area contributed by atoms with Gasteiger partial charge in [0.25, 0.3) is 0 Å². The molecular formula is C10H4BrF2N. The molecule has 70 valence electrons. The van der Waals surface area contributed by atoms with Crippen molar-refractivity contribution >= 4 is 15.9 Å². The Bertz CT molecular complexity index is 428. The van der Waals surface area contributed by atoms with Crippen molar-refractivity contribution in [2.75, 3.05) is 0 Å². The van der Waals surface area contributed by atoms with Gasteiger partial charge in [0.2, 0.25) is 0 Å². The molecule has 0 saturated carbocycles. The van der Waals surface area contributed by atoms with Gasteiger partial charge >= 0.3 is 0 Å². The van der Waals surface area contributed by atoms with Gasteiger partial charge in [-0.1, -0.05) is 27.8 Å². The summed E-state index contributed by atoms with van der Waals surface area (Å²) in [7, 11) is 0. The maximum atomic E-state index is 13.1. The van der Waals surface area contributed by atoms with Crippen molar-refractivity contribution in [2.24, 2.45) is 0 Å². The number of rotatable bonds is 0. The molecule has 0 N–H and O–H groups in total. The molecule has 0 spiro atoms. The summed E-state index contributed by atoms with van der Waals surface area (Å²) < 4.78 is 26.5. The summed E-state index contributed by atoms with van der Waals surface area (Å²) in [5, 5.41) is 8.18. The van der Waals surface area contributed by atoms with Gasteiger partial charge in [0, 0.05) is 4.47 Å². The Morgan fingerprint density at radius 3 is 2.36 bits per heavy atom. The van der Waals surface area contributed by atoms with Gasteiger partial charge in [-0.15, -0.1) is 0 Å². The highest BCUT2D eigenvalue weighted by Gasteiger charge is 2.07. The van der Waals surface area contributed by atoms with Gasteiger partial charge in [0.05, 0.1) is 18.1 Å². The van der Waals surface area contributed by atoms with Crippen LogP contribution in [0.3, 0.4) is 0 Å². The van der Waals surface area contributed by atoms with E-state index < -0.39 is 11.6 Å². The van der Waals surface area contributed by atoms with Crippen molar-refractivity contribution in [3.05, 3.63) is 33.8 Å². The topological polar surface area (TPSA) is 23.8 Å². The lowest BCUT2D eigenvalue weighted by molar-refractivity contribution is 0.576. The average Bonchev–Trinajstić information content (AvgIpc) is 2.09. The second-order valence-electron chi connectivity index (χ2n) is 2.38. The van der Waals surface area contributed by atoms with E-state index in [4.69, 9.17) is 5.26 Å². The smallest absolute Gasteiger partial charge is 0.142 e. The van der Waals surface area contributed by atoms with Crippen LogP contribution < -0.4 is 0 Å². The summed E-state index contributed by atoms with van der Waals surface area (Å²) in [6.45, 7) is 0. The van der Waals surface area contributed by atoms with Crippen molar-refractivity contribution in [1.29, 1.82) is 5.26 Å². The summed E-state index contributed by atoms with van der Waals surface area (Å²) in [6, 6.07) is 4.01. The second kappa shape index (κ2) is 4.74. The third kappa shape index (κ3) is 2.55. The first-order valence-corrected chi connectivity index (χ1v) is 4.45. The molecule has 4 heteroatoms. The quantitative estimate of drug-likeness (QED) is 0.654. The third-order valence-electron chi connectivity index (χ3n) is 1.39. The molecule has 1 nitrogen and oxygen atoms in total. The SMILES string of the molecule is N#CCC#Cc1c(F)cc(Br)cc1F. The molecule has 0 aliphatic rings. The zero-order chi connectivity index (χ0) is 10.6. The molecule has 0 amide bonds. The van der Waals surface area contributed by atoms with Crippen LogP contribution in [0.1, 0.15) is 12.0 Å². The highest BCUT2D eigenvalue weighted by molar-refractivity contribution is 9.10. The predicted molar refractivity (Wildman–Crippen MR) is 51.2 cm³/mol.